The molecule has 1 rings (SSSR count). The topological polar surface area (TPSA) is 61.4 Å². The monoisotopic (exact) mass is 269 g/mol. The van der Waals surface area contributed by atoms with E-state index in [0.717, 1.165) is 6.42 Å². The van der Waals surface area contributed by atoms with Gasteiger partial charge in [0.25, 0.3) is 0 Å². The molecule has 19 heavy (non-hydrogen) atoms. The molecule has 0 aromatic rings. The van der Waals surface area contributed by atoms with Crippen LogP contribution in [0.5, 0.6) is 0 Å². The van der Waals surface area contributed by atoms with Gasteiger partial charge in [0.05, 0.1) is 6.04 Å². The van der Waals surface area contributed by atoms with Crippen LogP contribution in [-0.4, -0.2) is 47.9 Å². The van der Waals surface area contributed by atoms with Crippen LogP contribution in [0.1, 0.15) is 41.0 Å². The number of rotatable bonds is 6. The van der Waals surface area contributed by atoms with Crippen LogP contribution in [-0.2, 0) is 9.59 Å². The van der Waals surface area contributed by atoms with Gasteiger partial charge in [0, 0.05) is 19.1 Å². The van der Waals surface area contributed by atoms with Crippen LogP contribution in [0.25, 0.3) is 0 Å². The number of carbonyl (C=O) groups is 2. The number of carbonyl (C=O) groups excluding carboxylic acids is 2. The molecule has 0 radical (unpaired) electrons. The van der Waals surface area contributed by atoms with Crippen molar-refractivity contribution in [2.75, 3.05) is 13.1 Å². The molecule has 1 saturated heterocycles. The SMILES string of the molecule is CC(C)CNC(=O)C(C)N1CCC(NC(C)C)C1=O. The van der Waals surface area contributed by atoms with Crippen LogP contribution < -0.4 is 10.6 Å². The van der Waals surface area contributed by atoms with Crippen LogP contribution in [0.15, 0.2) is 0 Å². The largest absolute Gasteiger partial charge is 0.354 e. The van der Waals surface area contributed by atoms with Crippen LogP contribution in [0.4, 0.5) is 0 Å². The Bertz CT molecular complexity index is 329. The first-order chi connectivity index (χ1) is 8.82. The van der Waals surface area contributed by atoms with Crippen molar-refractivity contribution in [1.82, 2.24) is 15.5 Å². The second kappa shape index (κ2) is 6.89. The number of hydrogen-bond donors (Lipinski definition) is 2. The van der Waals surface area contributed by atoms with Gasteiger partial charge in [-0.05, 0) is 19.3 Å². The zero-order chi connectivity index (χ0) is 14.6. The van der Waals surface area contributed by atoms with Gasteiger partial charge in [0.2, 0.25) is 11.8 Å². The summed E-state index contributed by atoms with van der Waals surface area (Å²) in [7, 11) is 0. The second-order valence-corrected chi connectivity index (χ2v) is 6.01. The van der Waals surface area contributed by atoms with E-state index < -0.39 is 0 Å². The number of nitrogens with one attached hydrogen (secondary N) is 2. The number of likely N-dealkylation sites (tertiary alicyclic amines) is 1. The molecule has 110 valence electrons. The van der Waals surface area contributed by atoms with E-state index in [-0.39, 0.29) is 29.9 Å². The van der Waals surface area contributed by atoms with E-state index in [4.69, 9.17) is 0 Å². The molecule has 1 aliphatic heterocycles. The lowest BCUT2D eigenvalue weighted by Gasteiger charge is -2.24. The normalized spacial score (nSPS) is 21.3. The lowest BCUT2D eigenvalue weighted by atomic mass is 10.2. The van der Waals surface area contributed by atoms with Gasteiger partial charge in [-0.2, -0.15) is 0 Å². The highest BCUT2D eigenvalue weighted by atomic mass is 16.2. The van der Waals surface area contributed by atoms with E-state index in [2.05, 4.69) is 24.5 Å². The summed E-state index contributed by atoms with van der Waals surface area (Å²) in [5.41, 5.74) is 0. The number of nitrogens with zero attached hydrogens (tertiary/aromatic N) is 1. The third kappa shape index (κ3) is 4.49. The van der Waals surface area contributed by atoms with E-state index in [1.807, 2.05) is 13.8 Å². The zero-order valence-electron chi connectivity index (χ0n) is 12.7. The van der Waals surface area contributed by atoms with Crippen molar-refractivity contribution in [3.05, 3.63) is 0 Å². The van der Waals surface area contributed by atoms with Gasteiger partial charge in [0.15, 0.2) is 0 Å². The maximum absolute atomic E-state index is 12.2. The predicted molar refractivity (Wildman–Crippen MR) is 75.7 cm³/mol. The minimum atomic E-state index is -0.384. The van der Waals surface area contributed by atoms with Crippen molar-refractivity contribution in [3.8, 4) is 0 Å². The standard InChI is InChI=1S/C14H27N3O2/c1-9(2)8-15-13(18)11(5)17-7-6-12(14(17)19)16-10(3)4/h9-12,16H,6-8H2,1-5H3,(H,15,18). The maximum Gasteiger partial charge on any atom is 0.242 e. The van der Waals surface area contributed by atoms with E-state index >= 15 is 0 Å². The van der Waals surface area contributed by atoms with Crippen molar-refractivity contribution in [1.29, 1.82) is 0 Å². The third-order valence-corrected chi connectivity index (χ3v) is 3.31. The van der Waals surface area contributed by atoms with E-state index in [9.17, 15) is 9.59 Å². The molecule has 1 heterocycles. The lowest BCUT2D eigenvalue weighted by Crippen LogP contribution is -2.49. The highest BCUT2D eigenvalue weighted by Crippen LogP contribution is 2.15. The van der Waals surface area contributed by atoms with Crippen molar-refractivity contribution in [2.24, 2.45) is 5.92 Å². The summed E-state index contributed by atoms with van der Waals surface area (Å²) >= 11 is 0. The minimum Gasteiger partial charge on any atom is -0.354 e. The first kappa shape index (κ1) is 16.0. The van der Waals surface area contributed by atoms with Crippen molar-refractivity contribution >= 4 is 11.8 Å². The molecular formula is C14H27N3O2. The van der Waals surface area contributed by atoms with E-state index in [1.54, 1.807) is 11.8 Å². The quantitative estimate of drug-likeness (QED) is 0.748. The molecule has 0 saturated carbocycles. The fourth-order valence-corrected chi connectivity index (χ4v) is 2.24. The van der Waals surface area contributed by atoms with Gasteiger partial charge in [-0.3, -0.25) is 9.59 Å². The van der Waals surface area contributed by atoms with Crippen molar-refractivity contribution in [3.63, 3.8) is 0 Å². The molecule has 0 aromatic heterocycles. The summed E-state index contributed by atoms with van der Waals surface area (Å²) in [4.78, 5) is 25.9. The Hall–Kier alpha value is -1.10. The molecule has 0 aromatic carbocycles. The Morgan fingerprint density at radius 2 is 1.95 bits per heavy atom. The van der Waals surface area contributed by atoms with Crippen LogP contribution in [0.2, 0.25) is 0 Å². The van der Waals surface area contributed by atoms with Gasteiger partial charge >= 0.3 is 0 Å². The Balaban J connectivity index is 2.52. The smallest absolute Gasteiger partial charge is 0.242 e. The molecule has 5 heteroatoms. The van der Waals surface area contributed by atoms with E-state index in [0.29, 0.717) is 19.0 Å². The van der Waals surface area contributed by atoms with Crippen LogP contribution in [0.3, 0.4) is 0 Å². The van der Waals surface area contributed by atoms with Gasteiger partial charge in [-0.15, -0.1) is 0 Å². The predicted octanol–water partition coefficient (Wildman–Crippen LogP) is 0.746. The summed E-state index contributed by atoms with van der Waals surface area (Å²) in [5.74, 6) is 0.397. The number of amides is 2. The Morgan fingerprint density at radius 1 is 1.32 bits per heavy atom. The van der Waals surface area contributed by atoms with Crippen molar-refractivity contribution in [2.45, 2.75) is 59.2 Å². The summed E-state index contributed by atoms with van der Waals surface area (Å²) < 4.78 is 0. The zero-order valence-corrected chi connectivity index (χ0v) is 12.7. The molecule has 2 atom stereocenters. The highest BCUT2D eigenvalue weighted by molar-refractivity contribution is 5.90. The van der Waals surface area contributed by atoms with Crippen molar-refractivity contribution < 1.29 is 9.59 Å². The Morgan fingerprint density at radius 3 is 2.47 bits per heavy atom. The highest BCUT2D eigenvalue weighted by Gasteiger charge is 2.36. The van der Waals surface area contributed by atoms with Gasteiger partial charge < -0.3 is 15.5 Å². The lowest BCUT2D eigenvalue weighted by molar-refractivity contribution is -0.137. The molecule has 1 aliphatic rings. The molecule has 2 amide bonds. The Kier molecular flexibility index (Phi) is 5.79. The number of hydrogen-bond acceptors (Lipinski definition) is 3. The van der Waals surface area contributed by atoms with Gasteiger partial charge in [-0.1, -0.05) is 27.7 Å². The molecule has 0 spiro atoms. The molecule has 1 fully saturated rings. The molecule has 0 aliphatic carbocycles. The summed E-state index contributed by atoms with van der Waals surface area (Å²) in [5, 5.41) is 6.12. The van der Waals surface area contributed by atoms with Gasteiger partial charge in [-0.25, -0.2) is 0 Å². The molecule has 2 unspecified atom stereocenters. The minimum absolute atomic E-state index is 0.0425. The first-order valence-corrected chi connectivity index (χ1v) is 7.17. The molecule has 2 N–H and O–H groups in total. The summed E-state index contributed by atoms with van der Waals surface area (Å²) in [6.07, 6.45) is 0.777. The molecular weight excluding hydrogens is 242 g/mol. The fourth-order valence-electron chi connectivity index (χ4n) is 2.24. The summed E-state index contributed by atoms with van der Waals surface area (Å²) in [6, 6.07) is -0.246. The first-order valence-electron chi connectivity index (χ1n) is 7.17. The fraction of sp³-hybridized carbons (Fsp3) is 0.857. The average Bonchev–Trinajstić information content (AvgIpc) is 2.66. The third-order valence-electron chi connectivity index (χ3n) is 3.31. The van der Waals surface area contributed by atoms with Crippen LogP contribution >= 0.6 is 0 Å². The molecule has 5 nitrogen and oxygen atoms in total. The van der Waals surface area contributed by atoms with E-state index in [1.165, 1.54) is 0 Å². The summed E-state index contributed by atoms with van der Waals surface area (Å²) in [6.45, 7) is 11.2. The maximum atomic E-state index is 12.2. The van der Waals surface area contributed by atoms with Gasteiger partial charge in [0.1, 0.15) is 6.04 Å². The second-order valence-electron chi connectivity index (χ2n) is 6.01. The van der Waals surface area contributed by atoms with Crippen LogP contribution in [0, 0.1) is 5.92 Å². The average molecular weight is 269 g/mol. The Labute approximate surface area is 116 Å². The molecule has 0 bridgehead atoms.